The molecule has 1 fully saturated rings. The second-order valence-electron chi connectivity index (χ2n) is 6.40. The summed E-state index contributed by atoms with van der Waals surface area (Å²) >= 11 is 0. The largest absolute Gasteiger partial charge is 0.299 e. The third kappa shape index (κ3) is 3.43. The highest BCUT2D eigenvalue weighted by atomic mass is 16.1. The molecule has 0 aliphatic heterocycles. The average molecular weight is 224 g/mol. The molecule has 0 unspecified atom stereocenters. The Morgan fingerprint density at radius 3 is 2.00 bits per heavy atom. The van der Waals surface area contributed by atoms with Gasteiger partial charge in [-0.25, -0.2) is 0 Å². The standard InChI is InChI=1S/C14H24O2/c1-9(2)11(13(16)10-6-7-10)8-12(15)14(3,4)5/h9-11H,6-8H2,1-5H3/t11-/m0/s1. The average Bonchev–Trinajstić information content (AvgIpc) is 2.93. The van der Waals surface area contributed by atoms with E-state index in [4.69, 9.17) is 0 Å². The predicted molar refractivity (Wildman–Crippen MR) is 65.1 cm³/mol. The second-order valence-corrected chi connectivity index (χ2v) is 6.40. The molecule has 0 N–H and O–H groups in total. The number of hydrogen-bond acceptors (Lipinski definition) is 2. The van der Waals surface area contributed by atoms with Crippen LogP contribution in [0.4, 0.5) is 0 Å². The zero-order chi connectivity index (χ0) is 12.5. The van der Waals surface area contributed by atoms with Crippen LogP contribution in [0, 0.1) is 23.2 Å². The lowest BCUT2D eigenvalue weighted by Gasteiger charge is -2.23. The molecule has 0 saturated heterocycles. The van der Waals surface area contributed by atoms with Crippen molar-refractivity contribution in [1.82, 2.24) is 0 Å². The zero-order valence-electron chi connectivity index (χ0n) is 11.2. The first-order valence-electron chi connectivity index (χ1n) is 6.30. The first-order chi connectivity index (χ1) is 7.23. The third-order valence-electron chi connectivity index (χ3n) is 3.39. The summed E-state index contributed by atoms with van der Waals surface area (Å²) in [4.78, 5) is 24.0. The van der Waals surface area contributed by atoms with E-state index in [1.54, 1.807) is 0 Å². The van der Waals surface area contributed by atoms with Gasteiger partial charge in [-0.1, -0.05) is 34.6 Å². The summed E-state index contributed by atoms with van der Waals surface area (Å²) in [5, 5.41) is 0. The maximum atomic E-state index is 12.1. The number of ketones is 2. The van der Waals surface area contributed by atoms with E-state index in [0.29, 0.717) is 12.2 Å². The van der Waals surface area contributed by atoms with Crippen molar-refractivity contribution in [3.8, 4) is 0 Å². The van der Waals surface area contributed by atoms with Gasteiger partial charge in [0.2, 0.25) is 0 Å². The minimum Gasteiger partial charge on any atom is -0.299 e. The molecule has 16 heavy (non-hydrogen) atoms. The molecule has 2 nitrogen and oxygen atoms in total. The summed E-state index contributed by atoms with van der Waals surface area (Å²) in [5.41, 5.74) is -0.322. The van der Waals surface area contributed by atoms with Gasteiger partial charge in [0.25, 0.3) is 0 Å². The van der Waals surface area contributed by atoms with E-state index in [0.717, 1.165) is 12.8 Å². The maximum Gasteiger partial charge on any atom is 0.139 e. The Labute approximate surface area is 98.8 Å². The molecular weight excluding hydrogens is 200 g/mol. The van der Waals surface area contributed by atoms with Crippen LogP contribution in [0.3, 0.4) is 0 Å². The van der Waals surface area contributed by atoms with Gasteiger partial charge in [0, 0.05) is 23.7 Å². The Balaban J connectivity index is 2.64. The highest BCUT2D eigenvalue weighted by molar-refractivity contribution is 5.92. The Morgan fingerprint density at radius 2 is 1.69 bits per heavy atom. The van der Waals surface area contributed by atoms with Crippen LogP contribution in [0.15, 0.2) is 0 Å². The summed E-state index contributed by atoms with van der Waals surface area (Å²) in [6, 6.07) is 0. The van der Waals surface area contributed by atoms with Gasteiger partial charge in [-0.3, -0.25) is 9.59 Å². The summed E-state index contributed by atoms with van der Waals surface area (Å²) in [5.74, 6) is 1.02. The smallest absolute Gasteiger partial charge is 0.139 e. The lowest BCUT2D eigenvalue weighted by molar-refractivity contribution is -0.133. The lowest BCUT2D eigenvalue weighted by atomic mass is 9.79. The molecule has 0 amide bonds. The topological polar surface area (TPSA) is 34.1 Å². The van der Waals surface area contributed by atoms with E-state index >= 15 is 0 Å². The first-order valence-corrected chi connectivity index (χ1v) is 6.30. The van der Waals surface area contributed by atoms with Gasteiger partial charge >= 0.3 is 0 Å². The van der Waals surface area contributed by atoms with Crippen LogP contribution in [-0.2, 0) is 9.59 Å². The van der Waals surface area contributed by atoms with Crippen molar-refractivity contribution < 1.29 is 9.59 Å². The van der Waals surface area contributed by atoms with Gasteiger partial charge in [0.05, 0.1) is 0 Å². The van der Waals surface area contributed by atoms with Gasteiger partial charge in [0.15, 0.2) is 0 Å². The number of hydrogen-bond donors (Lipinski definition) is 0. The lowest BCUT2D eigenvalue weighted by Crippen LogP contribution is -2.30. The zero-order valence-corrected chi connectivity index (χ0v) is 11.2. The summed E-state index contributed by atoms with van der Waals surface area (Å²) in [6.45, 7) is 9.86. The van der Waals surface area contributed by atoms with Gasteiger partial charge in [-0.15, -0.1) is 0 Å². The van der Waals surface area contributed by atoms with Crippen LogP contribution in [-0.4, -0.2) is 11.6 Å². The van der Waals surface area contributed by atoms with Crippen molar-refractivity contribution >= 4 is 11.6 Å². The highest BCUT2D eigenvalue weighted by Gasteiger charge is 2.38. The van der Waals surface area contributed by atoms with Gasteiger partial charge in [-0.2, -0.15) is 0 Å². The Kier molecular flexibility index (Phi) is 3.92. The molecule has 1 atom stereocenters. The third-order valence-corrected chi connectivity index (χ3v) is 3.39. The minimum atomic E-state index is -0.322. The van der Waals surface area contributed by atoms with Gasteiger partial charge in [-0.05, 0) is 18.8 Å². The summed E-state index contributed by atoms with van der Waals surface area (Å²) in [6.07, 6.45) is 2.49. The molecule has 1 aliphatic rings. The molecule has 0 spiro atoms. The van der Waals surface area contributed by atoms with Crippen LogP contribution in [0.25, 0.3) is 0 Å². The number of carbonyl (C=O) groups is 2. The monoisotopic (exact) mass is 224 g/mol. The fourth-order valence-electron chi connectivity index (χ4n) is 1.84. The Hall–Kier alpha value is -0.660. The Morgan fingerprint density at radius 1 is 1.19 bits per heavy atom. The van der Waals surface area contributed by atoms with Gasteiger partial charge in [0.1, 0.15) is 11.6 Å². The van der Waals surface area contributed by atoms with Crippen molar-refractivity contribution in [2.45, 2.75) is 53.9 Å². The van der Waals surface area contributed by atoms with E-state index < -0.39 is 0 Å². The molecule has 0 radical (unpaired) electrons. The molecule has 0 aromatic rings. The number of Topliss-reactive ketones (excluding diaryl/α,β-unsaturated/α-hetero) is 2. The fraction of sp³-hybridized carbons (Fsp3) is 0.857. The van der Waals surface area contributed by atoms with Crippen molar-refractivity contribution in [2.75, 3.05) is 0 Å². The molecule has 1 rings (SSSR count). The van der Waals surface area contributed by atoms with Crippen molar-refractivity contribution in [1.29, 1.82) is 0 Å². The summed E-state index contributed by atoms with van der Waals surface area (Å²) < 4.78 is 0. The quantitative estimate of drug-likeness (QED) is 0.718. The predicted octanol–water partition coefficient (Wildman–Crippen LogP) is 3.24. The molecule has 0 aromatic carbocycles. The van der Waals surface area contributed by atoms with Crippen LogP contribution in [0.2, 0.25) is 0 Å². The Bertz CT molecular complexity index is 280. The number of carbonyl (C=O) groups excluding carboxylic acids is 2. The maximum absolute atomic E-state index is 12.1. The van der Waals surface area contributed by atoms with E-state index in [1.807, 2.05) is 34.6 Å². The molecule has 0 bridgehead atoms. The van der Waals surface area contributed by atoms with Gasteiger partial charge < -0.3 is 0 Å². The highest BCUT2D eigenvalue weighted by Crippen LogP contribution is 2.36. The van der Waals surface area contributed by atoms with Crippen molar-refractivity contribution in [3.05, 3.63) is 0 Å². The van der Waals surface area contributed by atoms with E-state index in [1.165, 1.54) is 0 Å². The molecule has 92 valence electrons. The molecule has 1 aliphatic carbocycles. The molecule has 2 heteroatoms. The van der Waals surface area contributed by atoms with Crippen LogP contribution >= 0.6 is 0 Å². The van der Waals surface area contributed by atoms with Crippen molar-refractivity contribution in [3.63, 3.8) is 0 Å². The van der Waals surface area contributed by atoms with E-state index in [2.05, 4.69) is 0 Å². The van der Waals surface area contributed by atoms with Crippen LogP contribution < -0.4 is 0 Å². The summed E-state index contributed by atoms with van der Waals surface area (Å²) in [7, 11) is 0. The molecular formula is C14H24O2. The molecule has 1 saturated carbocycles. The molecule has 0 heterocycles. The van der Waals surface area contributed by atoms with E-state index in [9.17, 15) is 9.59 Å². The fourth-order valence-corrected chi connectivity index (χ4v) is 1.84. The number of rotatable bonds is 5. The second kappa shape index (κ2) is 4.68. The van der Waals surface area contributed by atoms with E-state index in [-0.39, 0.29) is 29.0 Å². The SMILES string of the molecule is CC(C)[C@H](CC(=O)C(C)(C)C)C(=O)C1CC1. The van der Waals surface area contributed by atoms with Crippen LogP contribution in [0.5, 0.6) is 0 Å². The minimum absolute atomic E-state index is 0.0563. The first kappa shape index (κ1) is 13.4. The van der Waals surface area contributed by atoms with Crippen LogP contribution in [0.1, 0.15) is 53.9 Å². The molecule has 0 aromatic heterocycles. The normalized spacial score (nSPS) is 18.6. The van der Waals surface area contributed by atoms with Crippen molar-refractivity contribution in [2.24, 2.45) is 23.2 Å².